The second kappa shape index (κ2) is 11.6. The van der Waals surface area contributed by atoms with Gasteiger partial charge >= 0.3 is 0 Å². The molecule has 0 bridgehead atoms. The van der Waals surface area contributed by atoms with E-state index >= 15 is 0 Å². The van der Waals surface area contributed by atoms with E-state index in [1.807, 2.05) is 0 Å². The second-order valence-electron chi connectivity index (χ2n) is 6.75. The third kappa shape index (κ3) is 7.64. The van der Waals surface area contributed by atoms with Gasteiger partial charge in [0.25, 0.3) is 0 Å². The Labute approximate surface area is 126 Å². The van der Waals surface area contributed by atoms with E-state index in [0.29, 0.717) is 5.41 Å². The Morgan fingerprint density at radius 1 is 0.800 bits per heavy atom. The zero-order valence-corrected chi connectivity index (χ0v) is 13.8. The first-order valence-electron chi connectivity index (χ1n) is 9.11. The van der Waals surface area contributed by atoms with Crippen LogP contribution in [-0.4, -0.2) is 19.8 Å². The molecule has 0 saturated carbocycles. The Kier molecular flexibility index (Phi) is 10.4. The van der Waals surface area contributed by atoms with E-state index < -0.39 is 0 Å². The normalized spacial score (nSPS) is 18.3. The number of ether oxygens (including phenoxy) is 1. The Hall–Kier alpha value is -0.0800. The van der Waals surface area contributed by atoms with Crippen LogP contribution in [0.5, 0.6) is 0 Å². The summed E-state index contributed by atoms with van der Waals surface area (Å²) in [6, 6.07) is 0. The van der Waals surface area contributed by atoms with Crippen molar-refractivity contribution in [2.45, 2.75) is 90.4 Å². The minimum absolute atomic E-state index is 0.415. The molecule has 120 valence electrons. The molecule has 0 aromatic carbocycles. The van der Waals surface area contributed by atoms with Crippen LogP contribution < -0.4 is 5.73 Å². The fourth-order valence-corrected chi connectivity index (χ4v) is 3.35. The molecule has 1 heterocycles. The van der Waals surface area contributed by atoms with Gasteiger partial charge in [-0.05, 0) is 31.2 Å². The van der Waals surface area contributed by atoms with E-state index in [4.69, 9.17) is 10.5 Å². The molecule has 1 saturated heterocycles. The van der Waals surface area contributed by atoms with E-state index in [2.05, 4.69) is 6.92 Å². The van der Waals surface area contributed by atoms with Crippen molar-refractivity contribution in [3.8, 4) is 0 Å². The molecule has 0 aromatic rings. The summed E-state index contributed by atoms with van der Waals surface area (Å²) in [6.45, 7) is 4.99. The van der Waals surface area contributed by atoms with Gasteiger partial charge in [0, 0.05) is 13.2 Å². The molecule has 0 amide bonds. The smallest absolute Gasteiger partial charge is 0.0471 e. The molecule has 1 rings (SSSR count). The number of hydrogen-bond donors (Lipinski definition) is 1. The van der Waals surface area contributed by atoms with E-state index in [1.165, 1.54) is 83.5 Å². The average molecular weight is 284 g/mol. The average Bonchev–Trinajstić information content (AvgIpc) is 2.50. The first kappa shape index (κ1) is 18.0. The molecule has 0 spiro atoms. The van der Waals surface area contributed by atoms with Gasteiger partial charge in [0.05, 0.1) is 0 Å². The molecule has 0 aromatic heterocycles. The second-order valence-corrected chi connectivity index (χ2v) is 6.75. The van der Waals surface area contributed by atoms with Crippen LogP contribution in [0.3, 0.4) is 0 Å². The van der Waals surface area contributed by atoms with E-state index in [1.54, 1.807) is 0 Å². The fraction of sp³-hybridized carbons (Fsp3) is 1.00. The van der Waals surface area contributed by atoms with Gasteiger partial charge in [-0.1, -0.05) is 71.1 Å². The SMILES string of the molecule is CCCCCCCCCCCCC1(CN)CCOCC1. The van der Waals surface area contributed by atoms with Crippen molar-refractivity contribution >= 4 is 0 Å². The van der Waals surface area contributed by atoms with Crippen molar-refractivity contribution in [2.24, 2.45) is 11.1 Å². The van der Waals surface area contributed by atoms with Crippen LogP contribution >= 0.6 is 0 Å². The maximum absolute atomic E-state index is 6.00. The Balaban J connectivity index is 1.91. The van der Waals surface area contributed by atoms with Crippen LogP contribution in [0.4, 0.5) is 0 Å². The molecule has 0 unspecified atom stereocenters. The van der Waals surface area contributed by atoms with Gasteiger partial charge in [0.1, 0.15) is 0 Å². The monoisotopic (exact) mass is 283 g/mol. The molecule has 0 aliphatic carbocycles. The van der Waals surface area contributed by atoms with Gasteiger partial charge in [0.15, 0.2) is 0 Å². The van der Waals surface area contributed by atoms with Crippen LogP contribution in [0, 0.1) is 5.41 Å². The maximum atomic E-state index is 6.00. The Bertz CT molecular complexity index is 211. The van der Waals surface area contributed by atoms with Crippen molar-refractivity contribution in [2.75, 3.05) is 19.8 Å². The van der Waals surface area contributed by atoms with Crippen molar-refractivity contribution in [3.05, 3.63) is 0 Å². The summed E-state index contributed by atoms with van der Waals surface area (Å²) in [5, 5.41) is 0. The van der Waals surface area contributed by atoms with Gasteiger partial charge in [-0.3, -0.25) is 0 Å². The molecule has 1 aliphatic heterocycles. The molecule has 0 radical (unpaired) electrons. The van der Waals surface area contributed by atoms with Gasteiger partial charge in [-0.25, -0.2) is 0 Å². The quantitative estimate of drug-likeness (QED) is 0.508. The number of nitrogens with two attached hydrogens (primary N) is 1. The topological polar surface area (TPSA) is 35.2 Å². The predicted octanol–water partition coefficient (Wildman–Crippen LogP) is 5.05. The molecule has 0 atom stereocenters. The van der Waals surface area contributed by atoms with Crippen LogP contribution in [0.15, 0.2) is 0 Å². The summed E-state index contributed by atoms with van der Waals surface area (Å²) in [6.07, 6.45) is 17.9. The first-order chi connectivity index (χ1) is 9.83. The van der Waals surface area contributed by atoms with Gasteiger partial charge in [-0.15, -0.1) is 0 Å². The molecule has 2 heteroatoms. The molecular formula is C18H37NO. The number of unbranched alkanes of at least 4 members (excludes halogenated alkanes) is 9. The highest BCUT2D eigenvalue weighted by atomic mass is 16.5. The van der Waals surface area contributed by atoms with Crippen LogP contribution in [0.2, 0.25) is 0 Å². The highest BCUT2D eigenvalue weighted by Crippen LogP contribution is 2.34. The zero-order chi connectivity index (χ0) is 14.5. The lowest BCUT2D eigenvalue weighted by atomic mass is 9.76. The summed E-state index contributed by atoms with van der Waals surface area (Å²) in [5.74, 6) is 0. The largest absolute Gasteiger partial charge is 0.381 e. The standard InChI is InChI=1S/C18H37NO/c1-2-3-4-5-6-7-8-9-10-11-12-18(17-19)13-15-20-16-14-18/h2-17,19H2,1H3. The molecular weight excluding hydrogens is 246 g/mol. The van der Waals surface area contributed by atoms with Crippen molar-refractivity contribution in [1.82, 2.24) is 0 Å². The molecule has 20 heavy (non-hydrogen) atoms. The Morgan fingerprint density at radius 2 is 1.30 bits per heavy atom. The van der Waals surface area contributed by atoms with Crippen molar-refractivity contribution in [3.63, 3.8) is 0 Å². The maximum Gasteiger partial charge on any atom is 0.0471 e. The van der Waals surface area contributed by atoms with Gasteiger partial charge in [0.2, 0.25) is 0 Å². The fourth-order valence-electron chi connectivity index (χ4n) is 3.35. The minimum Gasteiger partial charge on any atom is -0.381 e. The molecule has 1 fully saturated rings. The zero-order valence-electron chi connectivity index (χ0n) is 13.8. The van der Waals surface area contributed by atoms with Crippen LogP contribution in [-0.2, 0) is 4.74 Å². The third-order valence-electron chi connectivity index (χ3n) is 5.05. The summed E-state index contributed by atoms with van der Waals surface area (Å²) in [7, 11) is 0. The van der Waals surface area contributed by atoms with Crippen LogP contribution in [0.25, 0.3) is 0 Å². The summed E-state index contributed by atoms with van der Waals surface area (Å²) < 4.78 is 5.47. The number of hydrogen-bond acceptors (Lipinski definition) is 2. The van der Waals surface area contributed by atoms with Crippen molar-refractivity contribution < 1.29 is 4.74 Å². The highest BCUT2D eigenvalue weighted by molar-refractivity contribution is 4.82. The molecule has 2 nitrogen and oxygen atoms in total. The highest BCUT2D eigenvalue weighted by Gasteiger charge is 2.30. The van der Waals surface area contributed by atoms with E-state index in [9.17, 15) is 0 Å². The molecule has 1 aliphatic rings. The minimum atomic E-state index is 0.415. The van der Waals surface area contributed by atoms with E-state index in [-0.39, 0.29) is 0 Å². The van der Waals surface area contributed by atoms with E-state index in [0.717, 1.165) is 19.8 Å². The summed E-state index contributed by atoms with van der Waals surface area (Å²) in [4.78, 5) is 0. The van der Waals surface area contributed by atoms with Crippen molar-refractivity contribution in [1.29, 1.82) is 0 Å². The number of rotatable bonds is 12. The predicted molar refractivity (Wildman–Crippen MR) is 88.0 cm³/mol. The first-order valence-corrected chi connectivity index (χ1v) is 9.11. The lowest BCUT2D eigenvalue weighted by molar-refractivity contribution is 0.0134. The molecule has 2 N–H and O–H groups in total. The lowest BCUT2D eigenvalue weighted by Gasteiger charge is -2.36. The third-order valence-corrected chi connectivity index (χ3v) is 5.05. The Morgan fingerprint density at radius 3 is 1.80 bits per heavy atom. The van der Waals surface area contributed by atoms with Crippen LogP contribution in [0.1, 0.15) is 90.4 Å². The lowest BCUT2D eigenvalue weighted by Crippen LogP contribution is -2.36. The van der Waals surface area contributed by atoms with Gasteiger partial charge in [-0.2, -0.15) is 0 Å². The van der Waals surface area contributed by atoms with Gasteiger partial charge < -0.3 is 10.5 Å². The summed E-state index contributed by atoms with van der Waals surface area (Å²) in [5.41, 5.74) is 6.42. The summed E-state index contributed by atoms with van der Waals surface area (Å²) >= 11 is 0.